The first kappa shape index (κ1) is 6.35. The second-order valence-corrected chi connectivity index (χ2v) is 2.43. The molecular formula is C5H6N3S. The molecule has 9 heavy (non-hydrogen) atoms. The molecule has 1 aromatic heterocycles. The van der Waals surface area contributed by atoms with Gasteiger partial charge < -0.3 is 0 Å². The molecule has 0 bridgehead atoms. The number of hydrogen-bond acceptors (Lipinski definition) is 3. The number of H-pyrrole nitrogens is 1. The number of rotatable bonds is 3. The third-order valence-corrected chi connectivity index (χ3v) is 1.59. The normalized spacial score (nSPS) is 9.33. The van der Waals surface area contributed by atoms with Crippen molar-refractivity contribution in [1.82, 2.24) is 15.4 Å². The lowest BCUT2D eigenvalue weighted by molar-refractivity contribution is 0.911. The van der Waals surface area contributed by atoms with Crippen molar-refractivity contribution in [3.8, 4) is 0 Å². The zero-order valence-corrected chi connectivity index (χ0v) is 5.56. The molecule has 0 aromatic carbocycles. The smallest absolute Gasteiger partial charge is 0.111 e. The van der Waals surface area contributed by atoms with Crippen molar-refractivity contribution < 1.29 is 0 Å². The zero-order valence-electron chi connectivity index (χ0n) is 4.74. The first-order valence-electron chi connectivity index (χ1n) is 2.45. The van der Waals surface area contributed by atoms with E-state index in [4.69, 9.17) is 6.58 Å². The van der Waals surface area contributed by atoms with Crippen molar-refractivity contribution in [2.24, 2.45) is 0 Å². The Balaban J connectivity index is 2.38. The average molecular weight is 140 g/mol. The van der Waals surface area contributed by atoms with Gasteiger partial charge in [0, 0.05) is 5.75 Å². The summed E-state index contributed by atoms with van der Waals surface area (Å²) in [6, 6.07) is 0. The number of aromatic amines is 1. The van der Waals surface area contributed by atoms with Crippen molar-refractivity contribution in [2.45, 2.75) is 5.03 Å². The predicted molar refractivity (Wildman–Crippen MR) is 36.0 cm³/mol. The molecule has 1 rings (SSSR count). The summed E-state index contributed by atoms with van der Waals surface area (Å²) in [5, 5.41) is 10.8. The highest BCUT2D eigenvalue weighted by Gasteiger charge is 1.90. The van der Waals surface area contributed by atoms with Crippen LogP contribution in [0.25, 0.3) is 0 Å². The molecule has 0 aliphatic heterocycles. The summed E-state index contributed by atoms with van der Waals surface area (Å²) in [6.07, 6.45) is 3.25. The van der Waals surface area contributed by atoms with Gasteiger partial charge in [0.1, 0.15) is 5.03 Å². The fraction of sp³-hybridized carbons (Fsp3) is 0.200. The molecule has 0 saturated carbocycles. The SMILES string of the molecule is [CH]=CCSc1cnn[nH]1. The topological polar surface area (TPSA) is 41.6 Å². The van der Waals surface area contributed by atoms with E-state index in [0.29, 0.717) is 0 Å². The van der Waals surface area contributed by atoms with Gasteiger partial charge in [0.25, 0.3) is 0 Å². The Morgan fingerprint density at radius 1 is 1.89 bits per heavy atom. The summed E-state index contributed by atoms with van der Waals surface area (Å²) in [7, 11) is 0. The third kappa shape index (κ3) is 1.89. The van der Waals surface area contributed by atoms with Crippen LogP contribution in [0.4, 0.5) is 0 Å². The van der Waals surface area contributed by atoms with E-state index in [2.05, 4.69) is 15.4 Å². The van der Waals surface area contributed by atoms with Gasteiger partial charge in [-0.05, 0) is 0 Å². The van der Waals surface area contributed by atoms with Crippen molar-refractivity contribution in [3.05, 3.63) is 18.9 Å². The Morgan fingerprint density at radius 2 is 2.78 bits per heavy atom. The molecule has 1 N–H and O–H groups in total. The molecule has 0 unspecified atom stereocenters. The Kier molecular flexibility index (Phi) is 2.32. The lowest BCUT2D eigenvalue weighted by Gasteiger charge is -1.86. The largest absolute Gasteiger partial charge is 0.252 e. The van der Waals surface area contributed by atoms with Crippen LogP contribution in [0.1, 0.15) is 0 Å². The highest BCUT2D eigenvalue weighted by Crippen LogP contribution is 2.11. The van der Waals surface area contributed by atoms with E-state index in [1.54, 1.807) is 24.0 Å². The molecular weight excluding hydrogens is 134 g/mol. The van der Waals surface area contributed by atoms with Crippen LogP contribution in [0, 0.1) is 6.58 Å². The van der Waals surface area contributed by atoms with Gasteiger partial charge in [-0.2, -0.15) is 0 Å². The van der Waals surface area contributed by atoms with Crippen LogP contribution < -0.4 is 0 Å². The van der Waals surface area contributed by atoms with Crippen LogP contribution >= 0.6 is 11.8 Å². The minimum Gasteiger partial charge on any atom is -0.252 e. The predicted octanol–water partition coefficient (Wildman–Crippen LogP) is 0.886. The monoisotopic (exact) mass is 140 g/mol. The van der Waals surface area contributed by atoms with Gasteiger partial charge in [-0.15, -0.1) is 16.9 Å². The fourth-order valence-electron chi connectivity index (χ4n) is 0.396. The van der Waals surface area contributed by atoms with E-state index in [9.17, 15) is 0 Å². The van der Waals surface area contributed by atoms with Gasteiger partial charge in [0.05, 0.1) is 6.20 Å². The van der Waals surface area contributed by atoms with E-state index in [0.717, 1.165) is 10.8 Å². The molecule has 47 valence electrons. The fourth-order valence-corrected chi connectivity index (χ4v) is 0.899. The summed E-state index contributed by atoms with van der Waals surface area (Å²) >= 11 is 1.57. The van der Waals surface area contributed by atoms with Crippen LogP contribution in [-0.4, -0.2) is 21.2 Å². The van der Waals surface area contributed by atoms with Gasteiger partial charge in [-0.25, -0.2) is 0 Å². The summed E-state index contributed by atoms with van der Waals surface area (Å²) in [5.74, 6) is 0.782. The molecule has 0 aliphatic carbocycles. The van der Waals surface area contributed by atoms with Crippen molar-refractivity contribution in [2.75, 3.05) is 5.75 Å². The average Bonchev–Trinajstić information content (AvgIpc) is 2.34. The number of nitrogens with zero attached hydrogens (tertiary/aromatic N) is 2. The lowest BCUT2D eigenvalue weighted by Crippen LogP contribution is -1.72. The van der Waals surface area contributed by atoms with Gasteiger partial charge in [-0.3, -0.25) is 5.10 Å². The van der Waals surface area contributed by atoms with E-state index in [1.807, 2.05) is 0 Å². The Labute approximate surface area is 57.5 Å². The molecule has 1 aromatic rings. The quantitative estimate of drug-likeness (QED) is 0.634. The third-order valence-electron chi connectivity index (χ3n) is 0.728. The van der Waals surface area contributed by atoms with E-state index in [1.165, 1.54) is 0 Å². The van der Waals surface area contributed by atoms with E-state index in [-0.39, 0.29) is 0 Å². The zero-order chi connectivity index (χ0) is 6.53. The van der Waals surface area contributed by atoms with E-state index < -0.39 is 0 Å². The summed E-state index contributed by atoms with van der Waals surface area (Å²) in [4.78, 5) is 0. The van der Waals surface area contributed by atoms with Gasteiger partial charge in [0.2, 0.25) is 0 Å². The Hall–Kier alpha value is -0.770. The Morgan fingerprint density at radius 3 is 3.33 bits per heavy atom. The molecule has 1 heterocycles. The molecule has 0 atom stereocenters. The summed E-state index contributed by atoms with van der Waals surface area (Å²) in [5.41, 5.74) is 0. The van der Waals surface area contributed by atoms with Gasteiger partial charge in [0.15, 0.2) is 0 Å². The van der Waals surface area contributed by atoms with Crippen molar-refractivity contribution in [3.63, 3.8) is 0 Å². The first-order chi connectivity index (χ1) is 4.43. The van der Waals surface area contributed by atoms with Crippen LogP contribution in [-0.2, 0) is 0 Å². The molecule has 0 spiro atoms. The number of aromatic nitrogens is 3. The maximum Gasteiger partial charge on any atom is 0.111 e. The van der Waals surface area contributed by atoms with Gasteiger partial charge in [-0.1, -0.05) is 17.9 Å². The second-order valence-electron chi connectivity index (χ2n) is 1.37. The lowest BCUT2D eigenvalue weighted by atomic mass is 10.8. The standard InChI is InChI=1S/C5H6N3S/c1-2-3-9-5-4-6-8-7-5/h1-2,4H,3H2,(H,6,7,8). The van der Waals surface area contributed by atoms with Crippen LogP contribution in [0.15, 0.2) is 17.3 Å². The summed E-state index contributed by atoms with van der Waals surface area (Å²) < 4.78 is 0. The number of thioether (sulfide) groups is 1. The van der Waals surface area contributed by atoms with E-state index >= 15 is 0 Å². The second kappa shape index (κ2) is 3.29. The molecule has 0 saturated heterocycles. The molecule has 0 fully saturated rings. The minimum atomic E-state index is 0.782. The maximum absolute atomic E-state index is 5.14. The van der Waals surface area contributed by atoms with Crippen molar-refractivity contribution >= 4 is 11.8 Å². The van der Waals surface area contributed by atoms with Crippen LogP contribution in [0.3, 0.4) is 0 Å². The molecule has 4 heteroatoms. The Bertz CT molecular complexity index is 170. The molecule has 1 radical (unpaired) electrons. The number of nitrogens with one attached hydrogen (secondary N) is 1. The molecule has 0 aliphatic rings. The first-order valence-corrected chi connectivity index (χ1v) is 3.44. The van der Waals surface area contributed by atoms with Crippen LogP contribution in [0.5, 0.6) is 0 Å². The van der Waals surface area contributed by atoms with Crippen molar-refractivity contribution in [1.29, 1.82) is 0 Å². The highest BCUT2D eigenvalue weighted by molar-refractivity contribution is 7.99. The molecule has 3 nitrogen and oxygen atoms in total. The highest BCUT2D eigenvalue weighted by atomic mass is 32.2. The maximum atomic E-state index is 5.14. The molecule has 0 amide bonds. The minimum absolute atomic E-state index is 0.782. The summed E-state index contributed by atoms with van der Waals surface area (Å²) in [6.45, 7) is 5.14. The van der Waals surface area contributed by atoms with Gasteiger partial charge >= 0.3 is 0 Å². The number of hydrogen-bond donors (Lipinski definition) is 1. The van der Waals surface area contributed by atoms with Crippen LogP contribution in [0.2, 0.25) is 0 Å².